The first-order valence-corrected chi connectivity index (χ1v) is 9.78. The van der Waals surface area contributed by atoms with Crippen molar-refractivity contribution in [3.05, 3.63) is 29.8 Å². The number of unbranched alkanes of at least 4 members (excludes halogenated alkanes) is 1. The topological polar surface area (TPSA) is 84.5 Å². The van der Waals surface area contributed by atoms with E-state index in [0.29, 0.717) is 17.0 Å². The fourth-order valence-corrected chi connectivity index (χ4v) is 2.99. The summed E-state index contributed by atoms with van der Waals surface area (Å²) >= 11 is 0. The molecule has 1 aromatic rings. The molecule has 0 radical (unpaired) electrons. The molecule has 0 aliphatic heterocycles. The van der Waals surface area contributed by atoms with Crippen molar-refractivity contribution >= 4 is 28.5 Å². The van der Waals surface area contributed by atoms with E-state index in [1.165, 1.54) is 0 Å². The molecule has 0 saturated carbocycles. The predicted octanol–water partition coefficient (Wildman–Crippen LogP) is 3.66. The normalized spacial score (nSPS) is 12.3. The van der Waals surface area contributed by atoms with Gasteiger partial charge in [-0.3, -0.25) is 4.79 Å². The third-order valence-corrected chi connectivity index (χ3v) is 4.24. The molecule has 0 spiro atoms. The van der Waals surface area contributed by atoms with Crippen LogP contribution in [0, 0.1) is 0 Å². The summed E-state index contributed by atoms with van der Waals surface area (Å²) in [6, 6.07) is 6.91. The highest BCUT2D eigenvalue weighted by Crippen LogP contribution is 2.13. The lowest BCUT2D eigenvalue weighted by atomic mass is 10.1. The summed E-state index contributed by atoms with van der Waals surface area (Å²) in [4.78, 5) is 23.8. The lowest BCUT2D eigenvalue weighted by Gasteiger charge is -2.19. The number of nitrogens with one attached hydrogen (secondary N) is 2. The molecule has 6 nitrogen and oxygen atoms in total. The van der Waals surface area contributed by atoms with Crippen molar-refractivity contribution in [2.45, 2.75) is 52.6 Å². The number of amides is 1. The Morgan fingerprint density at radius 2 is 1.96 bits per heavy atom. The number of benzene rings is 1. The van der Waals surface area contributed by atoms with Crippen molar-refractivity contribution in [2.24, 2.45) is 0 Å². The fourth-order valence-electron chi connectivity index (χ4n) is 1.95. The van der Waals surface area contributed by atoms with Gasteiger partial charge >= 0.3 is 6.09 Å². The first-order chi connectivity index (χ1) is 11.7. The van der Waals surface area contributed by atoms with Crippen LogP contribution in [0.1, 0.15) is 57.3 Å². The molecular weight excluding hydrogens is 340 g/mol. The van der Waals surface area contributed by atoms with Crippen molar-refractivity contribution in [2.75, 3.05) is 17.0 Å². The lowest BCUT2D eigenvalue weighted by molar-refractivity contribution is 0.0527. The quantitative estimate of drug-likeness (QED) is 0.652. The fraction of sp³-hybridized carbons (Fsp3) is 0.556. The van der Waals surface area contributed by atoms with Crippen LogP contribution in [0.2, 0.25) is 0 Å². The first-order valence-electron chi connectivity index (χ1n) is 8.46. The summed E-state index contributed by atoms with van der Waals surface area (Å²) in [6.45, 7) is 7.58. The summed E-state index contributed by atoms with van der Waals surface area (Å²) in [7, 11) is -1.15. The van der Waals surface area contributed by atoms with E-state index in [-0.39, 0.29) is 18.7 Å². The Balaban J connectivity index is 2.49. The molecule has 1 unspecified atom stereocenters. The lowest BCUT2D eigenvalue weighted by Crippen LogP contribution is -2.33. The molecule has 1 amide bonds. The van der Waals surface area contributed by atoms with Crippen LogP contribution in [0.25, 0.3) is 0 Å². The van der Waals surface area contributed by atoms with Crippen LogP contribution in [0.4, 0.5) is 10.5 Å². The predicted molar refractivity (Wildman–Crippen MR) is 101 cm³/mol. The van der Waals surface area contributed by atoms with E-state index in [2.05, 4.69) is 10.0 Å². The van der Waals surface area contributed by atoms with Crippen molar-refractivity contribution in [3.8, 4) is 0 Å². The number of alkyl carbamates (subject to hydrolysis) is 1. The molecule has 0 aliphatic rings. The minimum absolute atomic E-state index is 0.0981. The van der Waals surface area contributed by atoms with Gasteiger partial charge in [0.2, 0.25) is 0 Å². The van der Waals surface area contributed by atoms with Gasteiger partial charge < -0.3 is 14.8 Å². The number of ketones is 1. The molecule has 1 atom stereocenters. The number of rotatable bonds is 9. The van der Waals surface area contributed by atoms with Gasteiger partial charge in [-0.25, -0.2) is 9.00 Å². The second kappa shape index (κ2) is 10.2. The number of hydrogen-bond donors (Lipinski definition) is 2. The van der Waals surface area contributed by atoms with Crippen LogP contribution in [-0.2, 0) is 15.7 Å². The van der Waals surface area contributed by atoms with Crippen LogP contribution in [0.15, 0.2) is 24.3 Å². The zero-order valence-electron chi connectivity index (χ0n) is 15.4. The highest BCUT2D eigenvalue weighted by atomic mass is 32.2. The van der Waals surface area contributed by atoms with Crippen LogP contribution in [0.5, 0.6) is 0 Å². The molecule has 0 aliphatic carbocycles. The van der Waals surface area contributed by atoms with Gasteiger partial charge in [-0.05, 0) is 39.3 Å². The van der Waals surface area contributed by atoms with Crippen molar-refractivity contribution in [3.63, 3.8) is 0 Å². The molecule has 1 rings (SSSR count). The third kappa shape index (κ3) is 9.24. The van der Waals surface area contributed by atoms with Crippen molar-refractivity contribution < 1.29 is 18.5 Å². The molecule has 0 fully saturated rings. The van der Waals surface area contributed by atoms with Crippen LogP contribution < -0.4 is 10.0 Å². The number of anilines is 1. The van der Waals surface area contributed by atoms with Crippen LogP contribution in [-0.4, -0.2) is 34.0 Å². The minimum atomic E-state index is -1.15. The highest BCUT2D eigenvalue weighted by molar-refractivity contribution is 7.86. The van der Waals surface area contributed by atoms with Gasteiger partial charge in [0, 0.05) is 30.0 Å². The summed E-state index contributed by atoms with van der Waals surface area (Å²) in [5.74, 6) is 0.480. The Bertz CT molecular complexity index is 611. The SMILES string of the molecule is CCCCS(=O)Nc1cccc(C(=O)CCNC(=O)OC(C)(C)C)c1. The van der Waals surface area contributed by atoms with E-state index in [4.69, 9.17) is 4.74 Å². The molecular formula is C18H28N2O4S. The molecule has 0 bridgehead atoms. The monoisotopic (exact) mass is 368 g/mol. The van der Waals surface area contributed by atoms with E-state index in [9.17, 15) is 13.8 Å². The molecule has 1 aromatic carbocycles. The van der Waals surface area contributed by atoms with E-state index in [1.54, 1.807) is 45.0 Å². The molecule has 25 heavy (non-hydrogen) atoms. The molecule has 2 N–H and O–H groups in total. The van der Waals surface area contributed by atoms with Crippen molar-refractivity contribution in [1.82, 2.24) is 5.32 Å². The van der Waals surface area contributed by atoms with Gasteiger partial charge in [-0.1, -0.05) is 25.5 Å². The Hall–Kier alpha value is -1.89. The zero-order valence-corrected chi connectivity index (χ0v) is 16.2. The van der Waals surface area contributed by atoms with Gasteiger partial charge in [0.25, 0.3) is 0 Å². The average Bonchev–Trinajstić information content (AvgIpc) is 2.51. The maximum absolute atomic E-state index is 12.2. The Labute approximate surface area is 152 Å². The number of carbonyl (C=O) groups excluding carboxylic acids is 2. The Morgan fingerprint density at radius 1 is 1.24 bits per heavy atom. The van der Waals surface area contributed by atoms with E-state index >= 15 is 0 Å². The number of Topliss-reactive ketones (excluding diaryl/α,β-unsaturated/α-hetero) is 1. The summed E-state index contributed by atoms with van der Waals surface area (Å²) in [6.07, 6.45) is 1.49. The largest absolute Gasteiger partial charge is 0.444 e. The Morgan fingerprint density at radius 3 is 2.60 bits per heavy atom. The van der Waals surface area contributed by atoms with Gasteiger partial charge in [-0.2, -0.15) is 0 Å². The second-order valence-corrected chi connectivity index (χ2v) is 7.99. The molecule has 0 aromatic heterocycles. The number of hydrogen-bond acceptors (Lipinski definition) is 4. The van der Waals surface area contributed by atoms with Gasteiger partial charge in [0.05, 0.1) is 0 Å². The van der Waals surface area contributed by atoms with Crippen LogP contribution in [0.3, 0.4) is 0 Å². The standard InChI is InChI=1S/C18H28N2O4S/c1-5-6-12-25(23)20-15-9-7-8-14(13-15)16(21)10-11-19-17(22)24-18(2,3)4/h7-9,13,20H,5-6,10-12H2,1-4H3,(H,19,22). The summed E-state index contributed by atoms with van der Waals surface area (Å²) in [5.41, 5.74) is 0.602. The average molecular weight is 368 g/mol. The van der Waals surface area contributed by atoms with Gasteiger partial charge in [-0.15, -0.1) is 0 Å². The smallest absolute Gasteiger partial charge is 0.407 e. The van der Waals surface area contributed by atoms with E-state index in [0.717, 1.165) is 12.8 Å². The van der Waals surface area contributed by atoms with E-state index < -0.39 is 22.7 Å². The van der Waals surface area contributed by atoms with E-state index in [1.807, 2.05) is 6.92 Å². The number of carbonyl (C=O) groups is 2. The number of ether oxygens (including phenoxy) is 1. The van der Waals surface area contributed by atoms with Gasteiger partial charge in [0.15, 0.2) is 5.78 Å². The third-order valence-electron chi connectivity index (χ3n) is 3.12. The molecule has 0 saturated heterocycles. The van der Waals surface area contributed by atoms with Crippen molar-refractivity contribution in [1.29, 1.82) is 0 Å². The molecule has 7 heteroatoms. The maximum Gasteiger partial charge on any atom is 0.407 e. The maximum atomic E-state index is 12.2. The molecule has 0 heterocycles. The highest BCUT2D eigenvalue weighted by Gasteiger charge is 2.16. The van der Waals surface area contributed by atoms with Gasteiger partial charge in [0.1, 0.15) is 16.6 Å². The summed E-state index contributed by atoms with van der Waals surface area (Å²) in [5, 5.41) is 2.56. The molecule has 140 valence electrons. The van der Waals surface area contributed by atoms with Crippen LogP contribution >= 0.6 is 0 Å². The minimum Gasteiger partial charge on any atom is -0.444 e. The second-order valence-electron chi connectivity index (χ2n) is 6.69. The summed E-state index contributed by atoms with van der Waals surface area (Å²) < 4.78 is 19.9. The Kier molecular flexibility index (Phi) is 8.61. The zero-order chi connectivity index (χ0) is 18.9. The first kappa shape index (κ1) is 21.2.